The molecule has 0 aliphatic carbocycles. The van der Waals surface area contributed by atoms with E-state index in [4.69, 9.17) is 9.47 Å². The van der Waals surface area contributed by atoms with Crippen LogP contribution in [0.15, 0.2) is 48.6 Å². The van der Waals surface area contributed by atoms with Crippen LogP contribution in [0.5, 0.6) is 0 Å². The average molecular weight is 969 g/mol. The Morgan fingerprint density at radius 1 is 0.435 bits per heavy atom. The highest BCUT2D eigenvalue weighted by molar-refractivity contribution is 5.69. The van der Waals surface area contributed by atoms with E-state index in [0.717, 1.165) is 70.8 Å². The van der Waals surface area contributed by atoms with E-state index >= 15 is 0 Å². The third-order valence-electron chi connectivity index (χ3n) is 14.1. The Kier molecular flexibility index (Phi) is 54.3. The molecule has 0 spiro atoms. The second kappa shape index (κ2) is 55.6. The lowest BCUT2D eigenvalue weighted by Crippen LogP contribution is -2.45. The summed E-state index contributed by atoms with van der Waals surface area (Å²) in [5.74, 6) is -0.133. The van der Waals surface area contributed by atoms with Gasteiger partial charge in [0.05, 0.1) is 18.3 Å². The molecule has 5 nitrogen and oxygen atoms in total. The molecule has 0 aliphatic rings. The van der Waals surface area contributed by atoms with Crippen molar-refractivity contribution in [1.29, 1.82) is 0 Å². The first-order valence-electron chi connectivity index (χ1n) is 30.6. The Bertz CT molecular complexity index is 1100. The Labute approximate surface area is 432 Å². The zero-order valence-corrected chi connectivity index (χ0v) is 47.3. The smallest absolute Gasteiger partial charge is 0.305 e. The van der Waals surface area contributed by atoms with Crippen LogP contribution < -0.4 is 0 Å². The number of esters is 1. The van der Waals surface area contributed by atoms with Crippen molar-refractivity contribution in [2.75, 3.05) is 33.9 Å². The number of unbranched alkanes of at least 4 members (excludes halogenated alkanes) is 33. The SMILES string of the molecule is CCCCCC=CCC=CCCCCCCCCOC(CCOC(=O)CCCN(C)C)C(O)(CCCCCCCCC=CCCCCCCCC)CCCCCCCCC=CCCCCCCCC. The van der Waals surface area contributed by atoms with Crippen molar-refractivity contribution >= 4 is 5.97 Å². The molecular weight excluding hydrogens is 847 g/mol. The summed E-state index contributed by atoms with van der Waals surface area (Å²) in [5, 5.41) is 12.6. The summed E-state index contributed by atoms with van der Waals surface area (Å²) in [5.41, 5.74) is -0.892. The van der Waals surface area contributed by atoms with Crippen molar-refractivity contribution in [1.82, 2.24) is 4.90 Å². The van der Waals surface area contributed by atoms with Gasteiger partial charge < -0.3 is 19.5 Å². The summed E-state index contributed by atoms with van der Waals surface area (Å²) in [7, 11) is 4.08. The van der Waals surface area contributed by atoms with Crippen molar-refractivity contribution in [3.05, 3.63) is 48.6 Å². The second-order valence-corrected chi connectivity index (χ2v) is 21.3. The summed E-state index contributed by atoms with van der Waals surface area (Å²) in [4.78, 5) is 14.8. The largest absolute Gasteiger partial charge is 0.466 e. The van der Waals surface area contributed by atoms with Crippen LogP contribution >= 0.6 is 0 Å². The first-order valence-corrected chi connectivity index (χ1v) is 30.6. The molecule has 1 atom stereocenters. The van der Waals surface area contributed by atoms with Crippen LogP contribution in [0, 0.1) is 0 Å². The number of carbonyl (C=O) groups excluding carboxylic acids is 1. The first-order chi connectivity index (χ1) is 33.9. The van der Waals surface area contributed by atoms with E-state index in [1.165, 1.54) is 212 Å². The topological polar surface area (TPSA) is 59.0 Å². The van der Waals surface area contributed by atoms with Gasteiger partial charge in [-0.25, -0.2) is 0 Å². The number of rotatable bonds is 56. The quantitative estimate of drug-likeness (QED) is 0.0374. The Hall–Kier alpha value is -1.69. The van der Waals surface area contributed by atoms with Gasteiger partial charge in [-0.05, 0) is 130 Å². The van der Waals surface area contributed by atoms with Gasteiger partial charge in [0.1, 0.15) is 0 Å². The summed E-state index contributed by atoms with van der Waals surface area (Å²) < 4.78 is 12.5. The van der Waals surface area contributed by atoms with Crippen molar-refractivity contribution in [2.24, 2.45) is 0 Å². The summed E-state index contributed by atoms with van der Waals surface area (Å²) in [6.07, 6.45) is 72.6. The zero-order chi connectivity index (χ0) is 50.2. The minimum absolute atomic E-state index is 0.133. The predicted octanol–water partition coefficient (Wildman–Crippen LogP) is 20.0. The fourth-order valence-corrected chi connectivity index (χ4v) is 9.52. The maximum absolute atomic E-state index is 12.7. The molecule has 0 radical (unpaired) electrons. The van der Waals surface area contributed by atoms with Crippen LogP contribution in [0.2, 0.25) is 0 Å². The molecule has 0 aromatic rings. The first kappa shape index (κ1) is 67.3. The lowest BCUT2D eigenvalue weighted by atomic mass is 9.83. The number of ether oxygens (including phenoxy) is 2. The van der Waals surface area contributed by atoms with Gasteiger partial charge in [-0.1, -0.05) is 236 Å². The number of carbonyl (C=O) groups is 1. The van der Waals surface area contributed by atoms with E-state index in [-0.39, 0.29) is 12.1 Å². The molecular formula is C64H121NO4. The van der Waals surface area contributed by atoms with Crippen LogP contribution in [0.25, 0.3) is 0 Å². The van der Waals surface area contributed by atoms with Gasteiger partial charge in [0.2, 0.25) is 0 Å². The Morgan fingerprint density at radius 3 is 1.17 bits per heavy atom. The van der Waals surface area contributed by atoms with Gasteiger partial charge >= 0.3 is 5.97 Å². The summed E-state index contributed by atoms with van der Waals surface area (Å²) >= 11 is 0. The van der Waals surface area contributed by atoms with E-state index in [0.29, 0.717) is 26.1 Å². The van der Waals surface area contributed by atoms with Gasteiger partial charge in [0, 0.05) is 19.4 Å². The number of allylic oxidation sites excluding steroid dienone is 8. The summed E-state index contributed by atoms with van der Waals surface area (Å²) in [6, 6.07) is 0. The lowest BCUT2D eigenvalue weighted by Gasteiger charge is -2.37. The highest BCUT2D eigenvalue weighted by atomic mass is 16.5. The Morgan fingerprint density at radius 2 is 0.768 bits per heavy atom. The number of nitrogens with zero attached hydrogens (tertiary/aromatic N) is 1. The van der Waals surface area contributed by atoms with Crippen LogP contribution in [-0.2, 0) is 14.3 Å². The molecule has 0 amide bonds. The predicted molar refractivity (Wildman–Crippen MR) is 306 cm³/mol. The zero-order valence-electron chi connectivity index (χ0n) is 47.3. The molecule has 0 heterocycles. The molecule has 0 aromatic heterocycles. The molecule has 0 saturated heterocycles. The van der Waals surface area contributed by atoms with E-state index < -0.39 is 5.60 Å². The minimum atomic E-state index is -0.892. The van der Waals surface area contributed by atoms with Crippen LogP contribution in [-0.4, -0.2) is 61.5 Å². The molecule has 0 bridgehead atoms. The van der Waals surface area contributed by atoms with Gasteiger partial charge in [-0.15, -0.1) is 0 Å². The molecule has 0 saturated carbocycles. The Balaban J connectivity index is 5.12. The van der Waals surface area contributed by atoms with E-state index in [2.05, 4.69) is 74.3 Å². The lowest BCUT2D eigenvalue weighted by molar-refractivity contribution is -0.150. The highest BCUT2D eigenvalue weighted by Crippen LogP contribution is 2.31. The number of aliphatic hydroxyl groups is 1. The van der Waals surface area contributed by atoms with Crippen molar-refractivity contribution in [3.63, 3.8) is 0 Å². The van der Waals surface area contributed by atoms with E-state index in [9.17, 15) is 9.90 Å². The maximum atomic E-state index is 12.7. The van der Waals surface area contributed by atoms with Crippen LogP contribution in [0.1, 0.15) is 310 Å². The molecule has 5 heteroatoms. The van der Waals surface area contributed by atoms with E-state index in [1.54, 1.807) is 0 Å². The molecule has 1 N–H and O–H groups in total. The molecule has 69 heavy (non-hydrogen) atoms. The van der Waals surface area contributed by atoms with Crippen molar-refractivity contribution < 1.29 is 19.4 Å². The van der Waals surface area contributed by atoms with E-state index in [1.807, 2.05) is 14.1 Å². The van der Waals surface area contributed by atoms with Gasteiger partial charge in [0.25, 0.3) is 0 Å². The number of hydrogen-bond acceptors (Lipinski definition) is 5. The summed E-state index contributed by atoms with van der Waals surface area (Å²) in [6.45, 7) is 8.70. The normalized spacial score (nSPS) is 13.6. The van der Waals surface area contributed by atoms with Gasteiger partial charge in [-0.3, -0.25) is 4.79 Å². The van der Waals surface area contributed by atoms with Crippen LogP contribution in [0.3, 0.4) is 0 Å². The standard InChI is InChI=1S/C64H121NO4/c1-6-9-12-15-18-21-24-27-30-33-36-39-42-45-48-51-57-64(67,58-52-49-46-43-40-37-34-31-28-25-22-19-16-13-10-7-2)62(56-61-69-63(66)55-54-59-65(4)5)68-60-53-50-47-44-41-38-35-32-29-26-23-20-17-14-11-8-3/h20,23,27-32,62,67H,6-19,21-22,24-26,33-61H2,1-5H3. The van der Waals surface area contributed by atoms with Crippen LogP contribution in [0.4, 0.5) is 0 Å². The molecule has 1 unspecified atom stereocenters. The molecule has 406 valence electrons. The fourth-order valence-electron chi connectivity index (χ4n) is 9.52. The maximum Gasteiger partial charge on any atom is 0.305 e. The third kappa shape index (κ3) is 51.0. The second-order valence-electron chi connectivity index (χ2n) is 21.3. The van der Waals surface area contributed by atoms with Gasteiger partial charge in [0.15, 0.2) is 0 Å². The molecule has 0 rings (SSSR count). The van der Waals surface area contributed by atoms with Crippen molar-refractivity contribution in [3.8, 4) is 0 Å². The van der Waals surface area contributed by atoms with Gasteiger partial charge in [-0.2, -0.15) is 0 Å². The average Bonchev–Trinajstić information content (AvgIpc) is 3.34. The third-order valence-corrected chi connectivity index (χ3v) is 14.1. The molecule has 0 aliphatic heterocycles. The fraction of sp³-hybridized carbons (Fsp3) is 0.859. The molecule has 0 aromatic carbocycles. The van der Waals surface area contributed by atoms with Crippen molar-refractivity contribution in [2.45, 2.75) is 321 Å². The monoisotopic (exact) mass is 968 g/mol. The highest BCUT2D eigenvalue weighted by Gasteiger charge is 2.36. The number of hydrogen-bond donors (Lipinski definition) is 1. The molecule has 0 fully saturated rings. The minimum Gasteiger partial charge on any atom is -0.466 e.